The molecule has 0 fully saturated rings. The third-order valence-corrected chi connectivity index (χ3v) is 0. The maximum Gasteiger partial charge on any atom is 0 e. The van der Waals surface area contributed by atoms with Crippen molar-refractivity contribution in [2.75, 3.05) is 0 Å². The minimum absolute atomic E-state index is 0. The van der Waals surface area contributed by atoms with Gasteiger partial charge in [-0.1, -0.05) is 0 Å². The van der Waals surface area contributed by atoms with E-state index in [9.17, 15) is 0 Å². The van der Waals surface area contributed by atoms with Crippen molar-refractivity contribution < 1.29 is 71.7 Å². The van der Waals surface area contributed by atoms with Gasteiger partial charge in [-0.3, -0.25) is 0 Å². The Kier molecular flexibility index (Phi) is 390. The van der Waals surface area contributed by atoms with E-state index in [-0.39, 0.29) is 79.1 Å². The van der Waals surface area contributed by atoms with E-state index in [1.807, 2.05) is 0 Å². The van der Waals surface area contributed by atoms with Gasteiger partial charge in [-0.15, -0.1) is 0 Å². The summed E-state index contributed by atoms with van der Waals surface area (Å²) in [5.74, 6) is 0. The van der Waals surface area contributed by atoms with Gasteiger partial charge in [0.15, 0.2) is 0 Å². The second kappa shape index (κ2) is 34.4. The first-order valence-electron chi connectivity index (χ1n) is 0. The molecule has 1 radical (unpaired) electrons. The predicted octanol–water partition coefficient (Wildman–Crippen LogP) is 0.440. The summed E-state index contributed by atoms with van der Waals surface area (Å²) in [4.78, 5) is 0. The summed E-state index contributed by atoms with van der Waals surface area (Å²) < 4.78 is 0. The van der Waals surface area contributed by atoms with Crippen molar-refractivity contribution in [1.82, 2.24) is 0 Å². The van der Waals surface area contributed by atoms with Crippen LogP contribution in [-0.2, 0) is 71.7 Å². The van der Waals surface area contributed by atoms with Gasteiger partial charge in [0.25, 0.3) is 0 Å². The molecule has 0 N–H and O–H groups in total. The van der Waals surface area contributed by atoms with Gasteiger partial charge in [0.2, 0.25) is 0 Å². The van der Waals surface area contributed by atoms with Crippen LogP contribution in [0.2, 0.25) is 0 Å². The summed E-state index contributed by atoms with van der Waals surface area (Å²) in [6, 6.07) is 0. The maximum atomic E-state index is 0. The van der Waals surface area contributed by atoms with E-state index in [0.717, 1.165) is 0 Å². The van der Waals surface area contributed by atoms with Gasteiger partial charge in [-0.05, 0) is 0 Å². The first-order valence-corrected chi connectivity index (χ1v) is 0. The van der Waals surface area contributed by atoms with Gasteiger partial charge in [0.05, 0.1) is 0 Å². The van der Waals surface area contributed by atoms with Crippen LogP contribution in [0, 0.1) is 7.43 Å². The van der Waals surface area contributed by atoms with Gasteiger partial charge in [0.1, 0.15) is 0 Å². The Hall–Kier alpha value is 2.22. The molecule has 0 nitrogen and oxygen atoms in total. The molecule has 0 heterocycles. The molecule has 4 heteroatoms. The van der Waals surface area contributed by atoms with Gasteiger partial charge >= 0.3 is 0 Å². The van der Waals surface area contributed by atoms with Crippen LogP contribution in [0.5, 0.6) is 0 Å². The molecular weight excluding hydrogens is 278 g/mol. The van der Waals surface area contributed by atoms with E-state index in [1.165, 1.54) is 0 Å². The van der Waals surface area contributed by atoms with Crippen molar-refractivity contribution in [2.45, 2.75) is 0 Å². The topological polar surface area (TPSA) is 0 Å². The Labute approximate surface area is 78.4 Å². The Morgan fingerprint density at radius 1 is 1.00 bits per heavy atom. The van der Waals surface area contributed by atoms with Crippen LogP contribution >= 0.6 is 0 Å². The molecule has 0 saturated heterocycles. The molecule has 0 atom stereocenters. The number of hydrogen-bond donors (Lipinski definition) is 0. The molecule has 0 amide bonds. The SMILES string of the molecule is [CH3-].[Co].[Cr].[Mo].[Ni]. The number of hydrogen-bond acceptors (Lipinski definition) is 0. The molecule has 0 spiro atoms. The molecule has 0 aromatic rings. The summed E-state index contributed by atoms with van der Waals surface area (Å²) in [5.41, 5.74) is 0. The zero-order chi connectivity index (χ0) is 0. The zero-order valence-corrected chi connectivity index (χ0v) is 7.78. The van der Waals surface area contributed by atoms with Gasteiger partial charge in [-0.25, -0.2) is 0 Å². The Morgan fingerprint density at radius 2 is 1.00 bits per heavy atom. The van der Waals surface area contributed by atoms with E-state index in [4.69, 9.17) is 0 Å². The predicted molar refractivity (Wildman–Crippen MR) is 6.41 cm³/mol. The Balaban J connectivity index is 0. The van der Waals surface area contributed by atoms with Crippen LogP contribution in [0.4, 0.5) is 0 Å². The fourth-order valence-electron chi connectivity index (χ4n) is 0. The largest absolute Gasteiger partial charge is 0.358 e. The van der Waals surface area contributed by atoms with Gasteiger partial charge in [0, 0.05) is 71.7 Å². The minimum Gasteiger partial charge on any atom is -0.358 e. The average molecular weight is 281 g/mol. The van der Waals surface area contributed by atoms with Crippen LogP contribution in [0.25, 0.3) is 0 Å². The van der Waals surface area contributed by atoms with E-state index in [2.05, 4.69) is 0 Å². The van der Waals surface area contributed by atoms with Crippen molar-refractivity contribution in [3.05, 3.63) is 7.43 Å². The second-order valence-corrected chi connectivity index (χ2v) is 0. The average Bonchev–Trinajstić information content (AvgIpc) is 0. The fourth-order valence-corrected chi connectivity index (χ4v) is 0. The maximum absolute atomic E-state index is 0. The van der Waals surface area contributed by atoms with Crippen LogP contribution in [-0.4, -0.2) is 0 Å². The van der Waals surface area contributed by atoms with Crippen LogP contribution in [0.1, 0.15) is 0 Å². The third-order valence-electron chi connectivity index (χ3n) is 0. The molecule has 0 aliphatic rings. The quantitative estimate of drug-likeness (QED) is 0.446. The minimum atomic E-state index is 0. The molecule has 0 saturated carbocycles. The number of rotatable bonds is 0. The van der Waals surface area contributed by atoms with E-state index in [1.54, 1.807) is 0 Å². The first-order chi connectivity index (χ1) is 0. The molecular formula is CH3CoCrMoNi-. The molecule has 5 heavy (non-hydrogen) atoms. The van der Waals surface area contributed by atoms with E-state index in [0.29, 0.717) is 0 Å². The molecule has 0 aliphatic carbocycles. The van der Waals surface area contributed by atoms with Crippen LogP contribution < -0.4 is 0 Å². The van der Waals surface area contributed by atoms with Crippen molar-refractivity contribution in [3.8, 4) is 0 Å². The van der Waals surface area contributed by atoms with Crippen LogP contribution in [0.15, 0.2) is 0 Å². The Bertz CT molecular complexity index is 11.6. The van der Waals surface area contributed by atoms with Crippen LogP contribution in [0.3, 0.4) is 0 Å². The normalized spacial score (nSPS) is 0. The molecule has 0 unspecified atom stereocenters. The molecule has 0 aliphatic heterocycles. The zero-order valence-electron chi connectivity index (χ0n) is 2.47. The van der Waals surface area contributed by atoms with Crippen molar-refractivity contribution in [2.24, 2.45) is 0 Å². The first kappa shape index (κ1) is 56.7. The monoisotopic (exact) mass is 282 g/mol. The summed E-state index contributed by atoms with van der Waals surface area (Å²) >= 11 is 0. The summed E-state index contributed by atoms with van der Waals surface area (Å²) in [6.07, 6.45) is 0. The smallest absolute Gasteiger partial charge is 0 e. The summed E-state index contributed by atoms with van der Waals surface area (Å²) in [6.45, 7) is 0. The third kappa shape index (κ3) is 22.5. The molecule has 0 aromatic heterocycles. The van der Waals surface area contributed by atoms with Crippen molar-refractivity contribution in [1.29, 1.82) is 0 Å². The van der Waals surface area contributed by atoms with E-state index < -0.39 is 0 Å². The van der Waals surface area contributed by atoms with Gasteiger partial charge in [-0.2, -0.15) is 0 Å². The van der Waals surface area contributed by atoms with E-state index >= 15 is 0 Å². The molecule has 0 aromatic carbocycles. The summed E-state index contributed by atoms with van der Waals surface area (Å²) in [5, 5.41) is 0. The summed E-state index contributed by atoms with van der Waals surface area (Å²) in [7, 11) is 0. The second-order valence-electron chi connectivity index (χ2n) is 0. The molecule has 39 valence electrons. The molecule has 0 bridgehead atoms. The molecule has 0 rings (SSSR count). The Morgan fingerprint density at radius 3 is 1.00 bits per heavy atom. The van der Waals surface area contributed by atoms with Gasteiger partial charge < -0.3 is 7.43 Å². The standard InChI is InChI=1S/CH3.Co.Cr.Mo.Ni/h1H3;;;;/q-1;;;;. The van der Waals surface area contributed by atoms with Crippen molar-refractivity contribution in [3.63, 3.8) is 0 Å². The fraction of sp³-hybridized carbons (Fsp3) is 0. The van der Waals surface area contributed by atoms with Crippen molar-refractivity contribution >= 4 is 0 Å².